The lowest BCUT2D eigenvalue weighted by molar-refractivity contribution is -0.141. The number of amides is 1. The first-order valence-corrected chi connectivity index (χ1v) is 7.04. The van der Waals surface area contributed by atoms with Gasteiger partial charge in [-0.15, -0.1) is 0 Å². The van der Waals surface area contributed by atoms with Gasteiger partial charge in [-0.25, -0.2) is 0 Å². The second-order valence-corrected chi connectivity index (χ2v) is 5.71. The van der Waals surface area contributed by atoms with Crippen LogP contribution in [0.4, 0.5) is 0 Å². The molecule has 20 heavy (non-hydrogen) atoms. The molecule has 1 amide bonds. The Morgan fingerprint density at radius 2 is 2.00 bits per heavy atom. The topological polar surface area (TPSA) is 66.4 Å². The molecule has 1 saturated carbocycles. The maximum atomic E-state index is 12.0. The number of aliphatic carboxylic acids is 1. The number of hydrogen-bond acceptors (Lipinski definition) is 2. The highest BCUT2D eigenvalue weighted by molar-refractivity contribution is 5.79. The summed E-state index contributed by atoms with van der Waals surface area (Å²) in [6, 6.07) is 6.03. The minimum atomic E-state index is -0.754. The molecule has 0 aliphatic heterocycles. The zero-order valence-corrected chi connectivity index (χ0v) is 12.0. The summed E-state index contributed by atoms with van der Waals surface area (Å²) >= 11 is 0. The maximum Gasteiger partial charge on any atom is 0.306 e. The van der Waals surface area contributed by atoms with E-state index in [1.165, 1.54) is 11.1 Å². The van der Waals surface area contributed by atoms with Crippen LogP contribution in [0.2, 0.25) is 0 Å². The van der Waals surface area contributed by atoms with E-state index in [9.17, 15) is 9.59 Å². The monoisotopic (exact) mass is 275 g/mol. The number of carboxylic acid groups (broad SMARTS) is 1. The summed E-state index contributed by atoms with van der Waals surface area (Å²) in [5.74, 6) is -1.08. The molecule has 108 valence electrons. The minimum absolute atomic E-state index is 0.00939. The van der Waals surface area contributed by atoms with Crippen molar-refractivity contribution in [2.24, 2.45) is 5.92 Å². The Bertz CT molecular complexity index is 524. The van der Waals surface area contributed by atoms with Crippen molar-refractivity contribution in [1.82, 2.24) is 5.32 Å². The highest BCUT2D eigenvalue weighted by atomic mass is 16.4. The molecule has 0 unspecified atom stereocenters. The van der Waals surface area contributed by atoms with Crippen LogP contribution in [0.25, 0.3) is 0 Å². The largest absolute Gasteiger partial charge is 0.481 e. The van der Waals surface area contributed by atoms with E-state index in [0.29, 0.717) is 19.3 Å². The molecule has 1 aliphatic rings. The number of aryl methyl sites for hydroxylation is 2. The SMILES string of the molecule is Cc1ccc(CC(=O)N[C@H]2CC[C@@H](C(=O)O)C2)cc1C. The summed E-state index contributed by atoms with van der Waals surface area (Å²) in [4.78, 5) is 22.9. The van der Waals surface area contributed by atoms with Gasteiger partial charge in [0.05, 0.1) is 12.3 Å². The van der Waals surface area contributed by atoms with E-state index in [2.05, 4.69) is 5.32 Å². The lowest BCUT2D eigenvalue weighted by Crippen LogP contribution is -2.34. The van der Waals surface area contributed by atoms with E-state index < -0.39 is 5.97 Å². The molecule has 4 nitrogen and oxygen atoms in total. The van der Waals surface area contributed by atoms with Gasteiger partial charge in [0, 0.05) is 6.04 Å². The number of carbonyl (C=O) groups excluding carboxylic acids is 1. The Morgan fingerprint density at radius 3 is 2.60 bits per heavy atom. The highest BCUT2D eigenvalue weighted by Gasteiger charge is 2.30. The lowest BCUT2D eigenvalue weighted by atomic mass is 10.0. The van der Waals surface area contributed by atoms with Gasteiger partial charge in [-0.3, -0.25) is 9.59 Å². The van der Waals surface area contributed by atoms with Crippen LogP contribution in [0, 0.1) is 19.8 Å². The van der Waals surface area contributed by atoms with Crippen LogP contribution < -0.4 is 5.32 Å². The summed E-state index contributed by atoms with van der Waals surface area (Å²) in [6.07, 6.45) is 2.32. The van der Waals surface area contributed by atoms with E-state index in [1.807, 2.05) is 32.0 Å². The van der Waals surface area contributed by atoms with Crippen molar-refractivity contribution in [3.05, 3.63) is 34.9 Å². The molecule has 4 heteroatoms. The third kappa shape index (κ3) is 3.59. The average molecular weight is 275 g/mol. The predicted molar refractivity (Wildman–Crippen MR) is 76.5 cm³/mol. The summed E-state index contributed by atoms with van der Waals surface area (Å²) < 4.78 is 0. The van der Waals surface area contributed by atoms with Crippen molar-refractivity contribution in [2.75, 3.05) is 0 Å². The number of rotatable bonds is 4. The second-order valence-electron chi connectivity index (χ2n) is 5.71. The van der Waals surface area contributed by atoms with Gasteiger partial charge in [-0.1, -0.05) is 18.2 Å². The van der Waals surface area contributed by atoms with Crippen molar-refractivity contribution in [2.45, 2.75) is 45.6 Å². The highest BCUT2D eigenvalue weighted by Crippen LogP contribution is 2.25. The lowest BCUT2D eigenvalue weighted by Gasteiger charge is -2.13. The second kappa shape index (κ2) is 6.07. The molecular weight excluding hydrogens is 254 g/mol. The molecule has 0 aromatic heterocycles. The third-order valence-corrected chi connectivity index (χ3v) is 4.08. The third-order valence-electron chi connectivity index (χ3n) is 4.08. The van der Waals surface area contributed by atoms with Gasteiger partial charge in [0.1, 0.15) is 0 Å². The van der Waals surface area contributed by atoms with E-state index in [-0.39, 0.29) is 17.9 Å². The molecule has 0 radical (unpaired) electrons. The zero-order valence-electron chi connectivity index (χ0n) is 12.0. The molecule has 0 heterocycles. The normalized spacial score (nSPS) is 21.7. The van der Waals surface area contributed by atoms with E-state index in [0.717, 1.165) is 12.0 Å². The summed E-state index contributed by atoms with van der Waals surface area (Å²) in [5.41, 5.74) is 3.40. The molecule has 0 spiro atoms. The average Bonchev–Trinajstić information content (AvgIpc) is 2.82. The van der Waals surface area contributed by atoms with E-state index in [1.54, 1.807) is 0 Å². The Labute approximate surface area is 119 Å². The van der Waals surface area contributed by atoms with Crippen molar-refractivity contribution in [3.63, 3.8) is 0 Å². The minimum Gasteiger partial charge on any atom is -0.481 e. The summed E-state index contributed by atoms with van der Waals surface area (Å²) in [7, 11) is 0. The molecule has 2 N–H and O–H groups in total. The molecule has 1 aliphatic carbocycles. The van der Waals surface area contributed by atoms with Crippen molar-refractivity contribution in [3.8, 4) is 0 Å². The van der Waals surface area contributed by atoms with Gasteiger partial charge in [0.15, 0.2) is 0 Å². The fourth-order valence-corrected chi connectivity index (χ4v) is 2.71. The first-order valence-electron chi connectivity index (χ1n) is 7.04. The van der Waals surface area contributed by atoms with Crippen LogP contribution in [0.5, 0.6) is 0 Å². The summed E-state index contributed by atoms with van der Waals surface area (Å²) in [6.45, 7) is 4.08. The van der Waals surface area contributed by atoms with Crippen LogP contribution >= 0.6 is 0 Å². The van der Waals surface area contributed by atoms with Gasteiger partial charge in [0.25, 0.3) is 0 Å². The van der Waals surface area contributed by atoms with Crippen molar-refractivity contribution < 1.29 is 14.7 Å². The van der Waals surface area contributed by atoms with E-state index >= 15 is 0 Å². The van der Waals surface area contributed by atoms with Crippen LogP contribution in [0.3, 0.4) is 0 Å². The zero-order chi connectivity index (χ0) is 14.7. The van der Waals surface area contributed by atoms with Crippen LogP contribution in [0.1, 0.15) is 36.0 Å². The number of carbonyl (C=O) groups is 2. The van der Waals surface area contributed by atoms with Gasteiger partial charge in [0.2, 0.25) is 5.91 Å². The number of nitrogens with one attached hydrogen (secondary N) is 1. The quantitative estimate of drug-likeness (QED) is 0.885. The first kappa shape index (κ1) is 14.6. The molecule has 1 aromatic carbocycles. The Balaban J connectivity index is 1.87. The molecule has 2 atom stereocenters. The summed E-state index contributed by atoms with van der Waals surface area (Å²) in [5, 5.41) is 11.9. The van der Waals surface area contributed by atoms with Crippen LogP contribution in [0.15, 0.2) is 18.2 Å². The molecule has 0 bridgehead atoms. The number of benzene rings is 1. The molecule has 2 rings (SSSR count). The Hall–Kier alpha value is -1.84. The molecular formula is C16H21NO3. The van der Waals surface area contributed by atoms with Gasteiger partial charge in [-0.2, -0.15) is 0 Å². The van der Waals surface area contributed by atoms with Crippen molar-refractivity contribution >= 4 is 11.9 Å². The van der Waals surface area contributed by atoms with Gasteiger partial charge >= 0.3 is 5.97 Å². The van der Waals surface area contributed by atoms with Gasteiger partial charge in [-0.05, 0) is 49.8 Å². The van der Waals surface area contributed by atoms with Gasteiger partial charge < -0.3 is 10.4 Å². The van der Waals surface area contributed by atoms with Crippen molar-refractivity contribution in [1.29, 1.82) is 0 Å². The van der Waals surface area contributed by atoms with Crippen LogP contribution in [-0.4, -0.2) is 23.0 Å². The Morgan fingerprint density at radius 1 is 1.25 bits per heavy atom. The smallest absolute Gasteiger partial charge is 0.306 e. The first-order chi connectivity index (χ1) is 9.45. The molecule has 0 saturated heterocycles. The predicted octanol–water partition coefficient (Wildman–Crippen LogP) is 2.22. The van der Waals surface area contributed by atoms with E-state index in [4.69, 9.17) is 5.11 Å². The Kier molecular flexibility index (Phi) is 4.42. The fourth-order valence-electron chi connectivity index (χ4n) is 2.71. The van der Waals surface area contributed by atoms with Crippen LogP contribution in [-0.2, 0) is 16.0 Å². The standard InChI is InChI=1S/C16H21NO3/c1-10-3-4-12(7-11(10)2)8-15(18)17-14-6-5-13(9-14)16(19)20/h3-4,7,13-14H,5-6,8-9H2,1-2H3,(H,17,18)(H,19,20)/t13-,14+/m1/s1. The molecule has 1 fully saturated rings. The molecule has 1 aromatic rings. The fraction of sp³-hybridized carbons (Fsp3) is 0.500. The number of hydrogen-bond donors (Lipinski definition) is 2. The maximum absolute atomic E-state index is 12.0. The number of carboxylic acids is 1.